The van der Waals surface area contributed by atoms with Gasteiger partial charge in [-0.15, -0.1) is 0 Å². The summed E-state index contributed by atoms with van der Waals surface area (Å²) in [5, 5.41) is 23.0. The van der Waals surface area contributed by atoms with Gasteiger partial charge in [0.1, 0.15) is 0 Å². The van der Waals surface area contributed by atoms with Crippen molar-refractivity contribution in [2.45, 2.75) is 26.7 Å². The van der Waals surface area contributed by atoms with E-state index in [0.717, 1.165) is 24.2 Å². The van der Waals surface area contributed by atoms with Crippen molar-refractivity contribution >= 4 is 16.7 Å². The van der Waals surface area contributed by atoms with Crippen molar-refractivity contribution in [2.75, 3.05) is 0 Å². The van der Waals surface area contributed by atoms with Crippen molar-refractivity contribution in [2.24, 2.45) is 0 Å². The molecule has 0 aliphatic rings. The average Bonchev–Trinajstić information content (AvgIpc) is 3.12. The largest absolute Gasteiger partial charge is 0.300 e. The van der Waals surface area contributed by atoms with Crippen LogP contribution in [0.15, 0.2) is 22.8 Å². The van der Waals surface area contributed by atoms with Crippen LogP contribution >= 0.6 is 0 Å². The SMILES string of the molecule is CCc1cc(CC)n(-c2ccc([N+](=O)[O-])c3nonc23)n1. The molecule has 0 radical (unpaired) electrons. The van der Waals surface area contributed by atoms with E-state index in [1.807, 2.05) is 19.9 Å². The summed E-state index contributed by atoms with van der Waals surface area (Å²) in [6, 6.07) is 5.03. The summed E-state index contributed by atoms with van der Waals surface area (Å²) in [5.74, 6) is 0. The molecule has 0 aliphatic carbocycles. The molecule has 0 fully saturated rings. The van der Waals surface area contributed by atoms with Crippen molar-refractivity contribution in [3.05, 3.63) is 39.7 Å². The van der Waals surface area contributed by atoms with Crippen LogP contribution in [0.3, 0.4) is 0 Å². The van der Waals surface area contributed by atoms with Gasteiger partial charge < -0.3 is 0 Å². The Bertz CT molecular complexity index is 820. The summed E-state index contributed by atoms with van der Waals surface area (Å²) in [6.07, 6.45) is 1.60. The van der Waals surface area contributed by atoms with Gasteiger partial charge in [-0.1, -0.05) is 13.8 Å². The maximum atomic E-state index is 11.0. The van der Waals surface area contributed by atoms with E-state index < -0.39 is 4.92 Å². The Labute approximate surface area is 119 Å². The van der Waals surface area contributed by atoms with Crippen molar-refractivity contribution < 1.29 is 9.55 Å². The molecule has 8 heteroatoms. The lowest BCUT2D eigenvalue weighted by Gasteiger charge is -2.05. The zero-order valence-corrected chi connectivity index (χ0v) is 11.6. The Morgan fingerprint density at radius 3 is 2.67 bits per heavy atom. The number of hydrogen-bond acceptors (Lipinski definition) is 6. The third-order valence-corrected chi connectivity index (χ3v) is 3.36. The molecule has 0 spiro atoms. The van der Waals surface area contributed by atoms with E-state index in [1.54, 1.807) is 10.7 Å². The fraction of sp³-hybridized carbons (Fsp3) is 0.308. The minimum absolute atomic E-state index is 0.129. The third kappa shape index (κ3) is 2.04. The fourth-order valence-corrected chi connectivity index (χ4v) is 2.27. The highest BCUT2D eigenvalue weighted by Crippen LogP contribution is 2.28. The Morgan fingerprint density at radius 2 is 2.00 bits per heavy atom. The van der Waals surface area contributed by atoms with Gasteiger partial charge in [0, 0.05) is 11.8 Å². The lowest BCUT2D eigenvalue weighted by atomic mass is 10.2. The highest BCUT2D eigenvalue weighted by molar-refractivity contribution is 5.89. The van der Waals surface area contributed by atoms with E-state index in [9.17, 15) is 10.1 Å². The molecule has 8 nitrogen and oxygen atoms in total. The van der Waals surface area contributed by atoms with Crippen LogP contribution in [-0.4, -0.2) is 25.0 Å². The molecule has 2 aromatic heterocycles. The van der Waals surface area contributed by atoms with Crippen molar-refractivity contribution in [3.8, 4) is 5.69 Å². The second kappa shape index (κ2) is 4.97. The minimum atomic E-state index is -0.502. The van der Waals surface area contributed by atoms with Gasteiger partial charge in [-0.3, -0.25) is 10.1 Å². The van der Waals surface area contributed by atoms with Crippen LogP contribution in [0.2, 0.25) is 0 Å². The number of nitro groups is 1. The van der Waals surface area contributed by atoms with Gasteiger partial charge in [0.05, 0.1) is 16.3 Å². The number of fused-ring (bicyclic) bond motifs is 1. The number of aromatic nitrogens is 4. The second-order valence-electron chi connectivity index (χ2n) is 4.57. The first-order valence-electron chi connectivity index (χ1n) is 6.63. The maximum Gasteiger partial charge on any atom is 0.300 e. The topological polar surface area (TPSA) is 99.9 Å². The summed E-state index contributed by atoms with van der Waals surface area (Å²) in [5.41, 5.74) is 2.93. The Kier molecular flexibility index (Phi) is 3.13. The third-order valence-electron chi connectivity index (χ3n) is 3.36. The van der Waals surface area contributed by atoms with E-state index in [1.165, 1.54) is 6.07 Å². The predicted octanol–water partition coefficient (Wildman–Crippen LogP) is 2.44. The fourth-order valence-electron chi connectivity index (χ4n) is 2.27. The van der Waals surface area contributed by atoms with Gasteiger partial charge in [-0.2, -0.15) is 5.10 Å². The number of benzene rings is 1. The summed E-state index contributed by atoms with van der Waals surface area (Å²) < 4.78 is 6.42. The van der Waals surface area contributed by atoms with Crippen LogP contribution in [0.4, 0.5) is 5.69 Å². The quantitative estimate of drug-likeness (QED) is 0.539. The number of rotatable bonds is 4. The van der Waals surface area contributed by atoms with Crippen LogP contribution in [0, 0.1) is 10.1 Å². The molecule has 0 unspecified atom stereocenters. The Balaban J connectivity index is 2.26. The number of aryl methyl sites for hydroxylation is 2. The first kappa shape index (κ1) is 13.2. The lowest BCUT2D eigenvalue weighted by Crippen LogP contribution is -2.03. The smallest absolute Gasteiger partial charge is 0.258 e. The van der Waals surface area contributed by atoms with Crippen LogP contribution in [-0.2, 0) is 12.8 Å². The summed E-state index contributed by atoms with van der Waals surface area (Å²) in [7, 11) is 0. The molecule has 0 saturated carbocycles. The second-order valence-corrected chi connectivity index (χ2v) is 4.57. The molecule has 0 N–H and O–H groups in total. The molecule has 0 atom stereocenters. The highest BCUT2D eigenvalue weighted by Gasteiger charge is 2.21. The molecule has 108 valence electrons. The molecule has 2 heterocycles. The molecule has 1 aromatic carbocycles. The normalized spacial score (nSPS) is 11.1. The number of non-ortho nitro benzene ring substituents is 1. The van der Waals surface area contributed by atoms with Crippen molar-refractivity contribution in [1.82, 2.24) is 20.1 Å². The standard InChI is InChI=1S/C13H13N5O3/c1-3-8-7-9(4-2)17(14-8)10-5-6-11(18(19)20)13-12(10)15-21-16-13/h5-7H,3-4H2,1-2H3. The molecule has 21 heavy (non-hydrogen) atoms. The maximum absolute atomic E-state index is 11.0. The van der Waals surface area contributed by atoms with Gasteiger partial charge in [-0.25, -0.2) is 9.31 Å². The highest BCUT2D eigenvalue weighted by atomic mass is 16.6. The van der Waals surface area contributed by atoms with E-state index in [0.29, 0.717) is 11.2 Å². The number of nitro benzene ring substituents is 1. The molecular formula is C13H13N5O3. The van der Waals surface area contributed by atoms with Crippen LogP contribution < -0.4 is 0 Å². The van der Waals surface area contributed by atoms with Gasteiger partial charge >= 0.3 is 5.69 Å². The molecule has 0 aliphatic heterocycles. The van der Waals surface area contributed by atoms with Gasteiger partial charge in [-0.05, 0) is 35.3 Å². The van der Waals surface area contributed by atoms with Gasteiger partial charge in [0.15, 0.2) is 5.52 Å². The van der Waals surface area contributed by atoms with Crippen LogP contribution in [0.25, 0.3) is 16.7 Å². The van der Waals surface area contributed by atoms with Crippen LogP contribution in [0.5, 0.6) is 0 Å². The molecule has 3 rings (SSSR count). The summed E-state index contributed by atoms with van der Waals surface area (Å²) in [4.78, 5) is 10.5. The van der Waals surface area contributed by atoms with E-state index in [-0.39, 0.29) is 11.2 Å². The zero-order chi connectivity index (χ0) is 15.0. The van der Waals surface area contributed by atoms with E-state index >= 15 is 0 Å². The number of hydrogen-bond donors (Lipinski definition) is 0. The minimum Gasteiger partial charge on any atom is -0.258 e. The lowest BCUT2D eigenvalue weighted by molar-refractivity contribution is -0.383. The van der Waals surface area contributed by atoms with Crippen molar-refractivity contribution in [1.29, 1.82) is 0 Å². The monoisotopic (exact) mass is 287 g/mol. The molecule has 0 bridgehead atoms. The first-order chi connectivity index (χ1) is 10.2. The Morgan fingerprint density at radius 1 is 1.24 bits per heavy atom. The van der Waals surface area contributed by atoms with E-state index in [2.05, 4.69) is 20.0 Å². The van der Waals surface area contributed by atoms with E-state index in [4.69, 9.17) is 0 Å². The number of nitrogens with zero attached hydrogens (tertiary/aromatic N) is 5. The summed E-state index contributed by atoms with van der Waals surface area (Å²) in [6.45, 7) is 4.05. The Hall–Kier alpha value is -2.77. The van der Waals surface area contributed by atoms with Gasteiger partial charge in [0.2, 0.25) is 5.52 Å². The molecular weight excluding hydrogens is 274 g/mol. The molecule has 0 amide bonds. The van der Waals surface area contributed by atoms with Crippen LogP contribution in [0.1, 0.15) is 25.2 Å². The predicted molar refractivity (Wildman–Crippen MR) is 74.3 cm³/mol. The molecule has 3 aromatic rings. The average molecular weight is 287 g/mol. The molecule has 0 saturated heterocycles. The van der Waals surface area contributed by atoms with Gasteiger partial charge in [0.25, 0.3) is 0 Å². The first-order valence-corrected chi connectivity index (χ1v) is 6.63. The summed E-state index contributed by atoms with van der Waals surface area (Å²) >= 11 is 0. The zero-order valence-electron chi connectivity index (χ0n) is 11.6. The van der Waals surface area contributed by atoms with Crippen molar-refractivity contribution in [3.63, 3.8) is 0 Å².